The van der Waals surface area contributed by atoms with E-state index < -0.39 is 18.0 Å². The van der Waals surface area contributed by atoms with Crippen LogP contribution in [0.3, 0.4) is 0 Å². The molecule has 0 N–H and O–H groups in total. The average molecular weight is 271 g/mol. The maximum atomic E-state index is 11.9. The fraction of sp³-hybridized carbons (Fsp3) is 0.583. The number of hydrogen-bond acceptors (Lipinski definition) is 6. The molecule has 0 aliphatic carbocycles. The molecule has 7 nitrogen and oxygen atoms in total. The van der Waals surface area contributed by atoms with Gasteiger partial charge in [-0.1, -0.05) is 0 Å². The highest BCUT2D eigenvalue weighted by atomic mass is 16.5. The van der Waals surface area contributed by atoms with Gasteiger partial charge in [-0.3, -0.25) is 4.79 Å². The molecule has 1 rings (SSSR count). The zero-order valence-corrected chi connectivity index (χ0v) is 11.0. The summed E-state index contributed by atoms with van der Waals surface area (Å²) in [5, 5.41) is 0. The van der Waals surface area contributed by atoms with Crippen molar-refractivity contribution >= 4 is 17.8 Å². The van der Waals surface area contributed by atoms with E-state index in [9.17, 15) is 14.4 Å². The minimum atomic E-state index is -0.895. The molecule has 106 valence electrons. The second kappa shape index (κ2) is 7.52. The summed E-state index contributed by atoms with van der Waals surface area (Å²) in [5.74, 6) is -1.70. The van der Waals surface area contributed by atoms with Gasteiger partial charge in [0.25, 0.3) is 5.91 Å². The Kier molecular flexibility index (Phi) is 6.01. The molecule has 1 unspecified atom stereocenters. The van der Waals surface area contributed by atoms with Crippen LogP contribution in [0, 0.1) is 0 Å². The van der Waals surface area contributed by atoms with Crippen LogP contribution in [0.25, 0.3) is 0 Å². The molecular weight excluding hydrogens is 254 g/mol. The normalized spacial score (nSPS) is 17.1. The largest absolute Gasteiger partial charge is 0.466 e. The molecule has 1 aliphatic heterocycles. The second-order valence-corrected chi connectivity index (χ2v) is 3.87. The van der Waals surface area contributed by atoms with Crippen LogP contribution in [0.5, 0.6) is 0 Å². The Hall–Kier alpha value is -1.89. The van der Waals surface area contributed by atoms with Gasteiger partial charge in [0.05, 0.1) is 20.3 Å². The molecule has 0 spiro atoms. The van der Waals surface area contributed by atoms with Crippen molar-refractivity contribution in [1.29, 1.82) is 0 Å². The Balaban J connectivity index is 2.42. The molecule has 1 fully saturated rings. The number of amides is 1. The lowest BCUT2D eigenvalue weighted by Gasteiger charge is -2.28. The van der Waals surface area contributed by atoms with E-state index >= 15 is 0 Å². The van der Waals surface area contributed by atoms with Crippen LogP contribution in [-0.4, -0.2) is 62.3 Å². The summed E-state index contributed by atoms with van der Waals surface area (Å²) in [4.78, 5) is 35.6. The monoisotopic (exact) mass is 271 g/mol. The van der Waals surface area contributed by atoms with Crippen LogP contribution >= 0.6 is 0 Å². The Bertz CT molecular complexity index is 372. The molecule has 0 bridgehead atoms. The van der Waals surface area contributed by atoms with Crippen LogP contribution in [0.2, 0.25) is 0 Å². The summed E-state index contributed by atoms with van der Waals surface area (Å²) < 4.78 is 14.3. The van der Waals surface area contributed by atoms with Crippen molar-refractivity contribution in [3.05, 3.63) is 12.2 Å². The number of rotatable bonds is 4. The van der Waals surface area contributed by atoms with Crippen molar-refractivity contribution in [1.82, 2.24) is 4.90 Å². The highest BCUT2D eigenvalue weighted by Gasteiger charge is 2.24. The smallest absolute Gasteiger partial charge is 0.331 e. The first kappa shape index (κ1) is 15.2. The van der Waals surface area contributed by atoms with Crippen LogP contribution in [0.15, 0.2) is 12.2 Å². The Labute approximate surface area is 111 Å². The summed E-state index contributed by atoms with van der Waals surface area (Å²) in [7, 11) is 1.20. The van der Waals surface area contributed by atoms with E-state index in [1.807, 2.05) is 0 Å². The lowest BCUT2D eigenvalue weighted by molar-refractivity contribution is -0.157. The number of nitrogens with zero attached hydrogens (tertiary/aromatic N) is 1. The summed E-state index contributed by atoms with van der Waals surface area (Å²) in [6.07, 6.45) is 0.969. The maximum absolute atomic E-state index is 11.9. The van der Waals surface area contributed by atoms with Crippen LogP contribution in [0.1, 0.15) is 6.92 Å². The molecule has 0 saturated carbocycles. The highest BCUT2D eigenvalue weighted by molar-refractivity contribution is 5.93. The fourth-order valence-corrected chi connectivity index (χ4v) is 1.51. The molecule has 0 aromatic heterocycles. The number of morpholine rings is 1. The van der Waals surface area contributed by atoms with Gasteiger partial charge in [-0.15, -0.1) is 0 Å². The number of methoxy groups -OCH3 is 1. The second-order valence-electron chi connectivity index (χ2n) is 3.87. The predicted octanol–water partition coefficient (Wildman–Crippen LogP) is -0.494. The molecule has 0 aromatic carbocycles. The molecule has 1 saturated heterocycles. The predicted molar refractivity (Wildman–Crippen MR) is 64.1 cm³/mol. The van der Waals surface area contributed by atoms with E-state index in [1.54, 1.807) is 4.90 Å². The standard InChI is InChI=1S/C12H17NO6/c1-9(12(16)13-5-7-18-8-6-13)19-11(15)4-3-10(14)17-2/h3-4,9H,5-8H2,1-2H3. The van der Waals surface area contributed by atoms with Gasteiger partial charge < -0.3 is 19.1 Å². The summed E-state index contributed by atoms with van der Waals surface area (Å²) in [6.45, 7) is 3.42. The Morgan fingerprint density at radius 3 is 2.32 bits per heavy atom. The van der Waals surface area contributed by atoms with Gasteiger partial charge in [-0.25, -0.2) is 9.59 Å². The van der Waals surface area contributed by atoms with E-state index in [0.717, 1.165) is 12.2 Å². The lowest BCUT2D eigenvalue weighted by atomic mass is 10.3. The van der Waals surface area contributed by atoms with Crippen LogP contribution < -0.4 is 0 Å². The molecule has 1 aliphatic rings. The highest BCUT2D eigenvalue weighted by Crippen LogP contribution is 2.04. The third-order valence-corrected chi connectivity index (χ3v) is 2.52. The van der Waals surface area contributed by atoms with Gasteiger partial charge in [0, 0.05) is 25.2 Å². The maximum Gasteiger partial charge on any atom is 0.331 e. The van der Waals surface area contributed by atoms with Crippen molar-refractivity contribution < 1.29 is 28.6 Å². The molecule has 1 atom stereocenters. The topological polar surface area (TPSA) is 82.1 Å². The van der Waals surface area contributed by atoms with Crippen molar-refractivity contribution in [2.45, 2.75) is 13.0 Å². The van der Waals surface area contributed by atoms with E-state index in [4.69, 9.17) is 9.47 Å². The van der Waals surface area contributed by atoms with Gasteiger partial charge in [-0.2, -0.15) is 0 Å². The zero-order valence-electron chi connectivity index (χ0n) is 11.0. The fourth-order valence-electron chi connectivity index (χ4n) is 1.51. The van der Waals surface area contributed by atoms with Crippen molar-refractivity contribution in [2.24, 2.45) is 0 Å². The molecule has 19 heavy (non-hydrogen) atoms. The average Bonchev–Trinajstić information content (AvgIpc) is 2.44. The number of hydrogen-bond donors (Lipinski definition) is 0. The van der Waals surface area contributed by atoms with E-state index in [0.29, 0.717) is 26.3 Å². The first-order valence-electron chi connectivity index (χ1n) is 5.87. The zero-order chi connectivity index (χ0) is 14.3. The molecule has 1 amide bonds. The third-order valence-electron chi connectivity index (χ3n) is 2.52. The lowest BCUT2D eigenvalue weighted by Crippen LogP contribution is -2.45. The van der Waals surface area contributed by atoms with Gasteiger partial charge in [0.2, 0.25) is 0 Å². The van der Waals surface area contributed by atoms with Gasteiger partial charge in [0.1, 0.15) is 0 Å². The summed E-state index contributed by atoms with van der Waals surface area (Å²) >= 11 is 0. The SMILES string of the molecule is COC(=O)C=CC(=O)OC(C)C(=O)N1CCOCC1. The van der Waals surface area contributed by atoms with E-state index in [2.05, 4.69) is 4.74 Å². The molecule has 0 radical (unpaired) electrons. The van der Waals surface area contributed by atoms with Gasteiger partial charge in [-0.05, 0) is 6.92 Å². The van der Waals surface area contributed by atoms with Crippen molar-refractivity contribution in [3.63, 3.8) is 0 Å². The number of carbonyl (C=O) groups is 3. The van der Waals surface area contributed by atoms with Gasteiger partial charge in [0.15, 0.2) is 6.10 Å². The first-order chi connectivity index (χ1) is 9.04. The quantitative estimate of drug-likeness (QED) is 0.507. The van der Waals surface area contributed by atoms with E-state index in [1.165, 1.54) is 14.0 Å². The Morgan fingerprint density at radius 2 is 1.74 bits per heavy atom. The minimum absolute atomic E-state index is 0.275. The number of esters is 2. The van der Waals surface area contributed by atoms with Crippen LogP contribution in [-0.2, 0) is 28.6 Å². The van der Waals surface area contributed by atoms with Crippen molar-refractivity contribution in [2.75, 3.05) is 33.4 Å². The van der Waals surface area contributed by atoms with Crippen molar-refractivity contribution in [3.8, 4) is 0 Å². The number of ether oxygens (including phenoxy) is 3. The molecule has 0 aromatic rings. The molecular formula is C12H17NO6. The van der Waals surface area contributed by atoms with E-state index in [-0.39, 0.29) is 5.91 Å². The Morgan fingerprint density at radius 1 is 1.16 bits per heavy atom. The molecule has 1 heterocycles. The molecule has 7 heteroatoms. The summed E-state index contributed by atoms with van der Waals surface area (Å²) in [5.41, 5.74) is 0. The number of carbonyl (C=O) groups excluding carboxylic acids is 3. The third kappa shape index (κ3) is 5.09. The summed E-state index contributed by atoms with van der Waals surface area (Å²) in [6, 6.07) is 0. The minimum Gasteiger partial charge on any atom is -0.466 e. The van der Waals surface area contributed by atoms with Crippen LogP contribution in [0.4, 0.5) is 0 Å². The first-order valence-corrected chi connectivity index (χ1v) is 5.87. The van der Waals surface area contributed by atoms with Gasteiger partial charge >= 0.3 is 11.9 Å².